The van der Waals surface area contributed by atoms with Crippen LogP contribution in [0.5, 0.6) is 0 Å². The standard InChI is InChI=1S/C10H6BrCl3N2S/c11-7-1-5(12)2-8(13)9(7)15-3-6-4-16-10(14)17-6/h1-2,4,15H,3H2. The molecule has 0 saturated heterocycles. The first-order valence-electron chi connectivity index (χ1n) is 4.55. The van der Waals surface area contributed by atoms with Crippen molar-refractivity contribution in [1.82, 2.24) is 4.98 Å². The van der Waals surface area contributed by atoms with E-state index >= 15 is 0 Å². The molecule has 1 aromatic carbocycles. The third-order valence-corrected chi connectivity index (χ3v) is 4.23. The van der Waals surface area contributed by atoms with Crippen molar-refractivity contribution in [2.45, 2.75) is 6.54 Å². The van der Waals surface area contributed by atoms with E-state index in [1.165, 1.54) is 11.3 Å². The smallest absolute Gasteiger partial charge is 0.183 e. The van der Waals surface area contributed by atoms with Crippen LogP contribution >= 0.6 is 62.1 Å². The molecule has 1 heterocycles. The number of nitrogens with one attached hydrogen (secondary N) is 1. The summed E-state index contributed by atoms with van der Waals surface area (Å²) < 4.78 is 1.36. The van der Waals surface area contributed by atoms with Crippen LogP contribution < -0.4 is 5.32 Å². The first-order valence-corrected chi connectivity index (χ1v) is 7.29. The van der Waals surface area contributed by atoms with E-state index in [9.17, 15) is 0 Å². The Labute approximate surface area is 126 Å². The van der Waals surface area contributed by atoms with Crippen LogP contribution in [-0.4, -0.2) is 4.98 Å². The van der Waals surface area contributed by atoms with E-state index in [1.807, 2.05) is 0 Å². The van der Waals surface area contributed by atoms with Crippen LogP contribution in [0.25, 0.3) is 0 Å². The van der Waals surface area contributed by atoms with Gasteiger partial charge in [-0.1, -0.05) is 34.8 Å². The molecule has 1 aromatic heterocycles. The minimum atomic E-state index is 0.531. The van der Waals surface area contributed by atoms with E-state index in [0.29, 0.717) is 21.1 Å². The predicted molar refractivity (Wildman–Crippen MR) is 78.6 cm³/mol. The van der Waals surface area contributed by atoms with Gasteiger partial charge in [-0.2, -0.15) is 0 Å². The van der Waals surface area contributed by atoms with Crippen molar-refractivity contribution in [1.29, 1.82) is 0 Å². The Morgan fingerprint density at radius 3 is 2.65 bits per heavy atom. The highest BCUT2D eigenvalue weighted by atomic mass is 79.9. The van der Waals surface area contributed by atoms with Gasteiger partial charge < -0.3 is 5.32 Å². The first-order chi connectivity index (χ1) is 8.06. The molecule has 0 radical (unpaired) electrons. The van der Waals surface area contributed by atoms with Crippen LogP contribution in [0.1, 0.15) is 4.88 Å². The van der Waals surface area contributed by atoms with Gasteiger partial charge >= 0.3 is 0 Å². The lowest BCUT2D eigenvalue weighted by molar-refractivity contribution is 1.17. The number of anilines is 1. The topological polar surface area (TPSA) is 24.9 Å². The third-order valence-electron chi connectivity index (χ3n) is 1.97. The van der Waals surface area contributed by atoms with Crippen LogP contribution in [0.4, 0.5) is 5.69 Å². The van der Waals surface area contributed by atoms with Crippen LogP contribution in [0.2, 0.25) is 14.5 Å². The fourth-order valence-electron chi connectivity index (χ4n) is 1.25. The van der Waals surface area contributed by atoms with E-state index in [2.05, 4.69) is 26.2 Å². The Bertz CT molecular complexity index is 521. The zero-order chi connectivity index (χ0) is 12.4. The SMILES string of the molecule is Clc1cc(Cl)c(NCc2cnc(Cl)s2)c(Br)c1. The zero-order valence-electron chi connectivity index (χ0n) is 8.31. The van der Waals surface area contributed by atoms with Gasteiger partial charge in [0.05, 0.1) is 17.3 Å². The summed E-state index contributed by atoms with van der Waals surface area (Å²) in [6, 6.07) is 3.48. The number of rotatable bonds is 3. The molecule has 7 heteroatoms. The maximum atomic E-state index is 6.09. The Morgan fingerprint density at radius 1 is 1.29 bits per heavy atom. The van der Waals surface area contributed by atoms with Gasteiger partial charge in [-0.15, -0.1) is 11.3 Å². The molecule has 90 valence electrons. The summed E-state index contributed by atoms with van der Waals surface area (Å²) in [7, 11) is 0. The fourth-order valence-corrected chi connectivity index (χ4v) is 3.58. The van der Waals surface area contributed by atoms with Crippen LogP contribution in [0.15, 0.2) is 22.8 Å². The van der Waals surface area contributed by atoms with Crippen LogP contribution in [0, 0.1) is 0 Å². The zero-order valence-corrected chi connectivity index (χ0v) is 13.0. The summed E-state index contributed by atoms with van der Waals surface area (Å²) >= 11 is 22.6. The quantitative estimate of drug-likeness (QED) is 0.772. The van der Waals surface area contributed by atoms with Crippen LogP contribution in [0.3, 0.4) is 0 Å². The number of nitrogens with zero attached hydrogens (tertiary/aromatic N) is 1. The number of aromatic nitrogens is 1. The van der Waals surface area contributed by atoms with E-state index in [-0.39, 0.29) is 0 Å². The Hall–Kier alpha value is -0.000000000000000111. The minimum absolute atomic E-state index is 0.531. The summed E-state index contributed by atoms with van der Waals surface area (Å²) in [6.45, 7) is 0.615. The molecule has 0 bridgehead atoms. The van der Waals surface area contributed by atoms with Gasteiger partial charge in [-0.3, -0.25) is 0 Å². The molecule has 17 heavy (non-hydrogen) atoms. The average Bonchev–Trinajstić information content (AvgIpc) is 2.62. The number of hydrogen-bond donors (Lipinski definition) is 1. The molecule has 0 atom stereocenters. The second-order valence-corrected chi connectivity index (χ2v) is 6.57. The monoisotopic (exact) mass is 370 g/mol. The van der Waals surface area contributed by atoms with Crippen molar-refractivity contribution in [2.24, 2.45) is 0 Å². The number of halogens is 4. The molecular weight excluding hydrogens is 366 g/mol. The normalized spacial score (nSPS) is 10.6. The molecule has 0 aliphatic heterocycles. The molecule has 0 saturated carbocycles. The summed E-state index contributed by atoms with van der Waals surface area (Å²) in [5, 5.41) is 4.37. The highest BCUT2D eigenvalue weighted by Crippen LogP contribution is 2.34. The average molecular weight is 373 g/mol. The van der Waals surface area contributed by atoms with Crippen molar-refractivity contribution in [3.8, 4) is 0 Å². The summed E-state index contributed by atoms with van der Waals surface area (Å²) in [6.07, 6.45) is 1.73. The molecule has 1 N–H and O–H groups in total. The van der Waals surface area contributed by atoms with E-state index < -0.39 is 0 Å². The number of thiazole rings is 1. The molecule has 2 nitrogen and oxygen atoms in total. The molecule has 2 rings (SSSR count). The minimum Gasteiger partial charge on any atom is -0.378 e. The fraction of sp³-hybridized carbons (Fsp3) is 0.100. The largest absolute Gasteiger partial charge is 0.378 e. The molecule has 0 aliphatic rings. The van der Waals surface area contributed by atoms with Crippen molar-refractivity contribution in [2.75, 3.05) is 5.32 Å². The van der Waals surface area contributed by atoms with E-state index in [1.54, 1.807) is 18.3 Å². The molecule has 0 aliphatic carbocycles. The summed E-state index contributed by atoms with van der Waals surface area (Å²) in [4.78, 5) is 5.00. The Kier molecular flexibility index (Phi) is 4.55. The Morgan fingerprint density at radius 2 is 2.06 bits per heavy atom. The second kappa shape index (κ2) is 5.76. The van der Waals surface area contributed by atoms with E-state index in [0.717, 1.165) is 15.0 Å². The van der Waals surface area contributed by atoms with Crippen molar-refractivity contribution < 1.29 is 0 Å². The lowest BCUT2D eigenvalue weighted by Crippen LogP contribution is -1.99. The van der Waals surface area contributed by atoms with Gasteiger partial charge in [0.2, 0.25) is 0 Å². The highest BCUT2D eigenvalue weighted by Gasteiger charge is 2.08. The number of benzene rings is 1. The molecular formula is C10H6BrCl3N2S. The highest BCUT2D eigenvalue weighted by molar-refractivity contribution is 9.10. The van der Waals surface area contributed by atoms with Crippen molar-refractivity contribution >= 4 is 67.8 Å². The molecule has 2 aromatic rings. The molecule has 0 unspecified atom stereocenters. The van der Waals surface area contributed by atoms with Gasteiger partial charge in [-0.05, 0) is 28.1 Å². The third kappa shape index (κ3) is 3.48. The molecule has 0 fully saturated rings. The van der Waals surface area contributed by atoms with Crippen molar-refractivity contribution in [3.05, 3.63) is 42.2 Å². The lowest BCUT2D eigenvalue weighted by Gasteiger charge is -2.09. The summed E-state index contributed by atoms with van der Waals surface area (Å²) in [5.41, 5.74) is 0.806. The van der Waals surface area contributed by atoms with Gasteiger partial charge in [0.1, 0.15) is 0 Å². The Balaban J connectivity index is 2.14. The van der Waals surface area contributed by atoms with Gasteiger partial charge in [-0.25, -0.2) is 4.98 Å². The second-order valence-electron chi connectivity index (χ2n) is 3.18. The summed E-state index contributed by atoms with van der Waals surface area (Å²) in [5.74, 6) is 0. The van der Waals surface area contributed by atoms with Gasteiger partial charge in [0.15, 0.2) is 4.47 Å². The van der Waals surface area contributed by atoms with Crippen molar-refractivity contribution in [3.63, 3.8) is 0 Å². The van der Waals surface area contributed by atoms with E-state index in [4.69, 9.17) is 34.8 Å². The number of hydrogen-bond acceptors (Lipinski definition) is 3. The first kappa shape index (κ1) is 13.4. The predicted octanol–water partition coefficient (Wildman–Crippen LogP) is 5.48. The maximum absolute atomic E-state index is 6.09. The maximum Gasteiger partial charge on any atom is 0.183 e. The van der Waals surface area contributed by atoms with Gasteiger partial charge in [0.25, 0.3) is 0 Å². The molecule has 0 spiro atoms. The van der Waals surface area contributed by atoms with Gasteiger partial charge in [0, 0.05) is 20.6 Å². The molecule has 0 amide bonds. The van der Waals surface area contributed by atoms with Crippen LogP contribution in [-0.2, 0) is 6.54 Å². The lowest BCUT2D eigenvalue weighted by atomic mass is 10.3.